The van der Waals surface area contributed by atoms with Gasteiger partial charge in [0.25, 0.3) is 0 Å². The van der Waals surface area contributed by atoms with E-state index in [1.807, 2.05) is 43.3 Å². The number of carbonyl (C=O) groups excluding carboxylic acids is 1. The molecule has 0 radical (unpaired) electrons. The largest absolute Gasteiger partial charge is 0.361 e. The molecule has 3 aromatic rings. The number of urea groups is 1. The summed E-state index contributed by atoms with van der Waals surface area (Å²) in [6.45, 7) is 8.49. The summed E-state index contributed by atoms with van der Waals surface area (Å²) < 4.78 is 0. The van der Waals surface area contributed by atoms with Gasteiger partial charge in [0, 0.05) is 35.0 Å². The zero-order valence-electron chi connectivity index (χ0n) is 19.4. The predicted molar refractivity (Wildman–Crippen MR) is 135 cm³/mol. The monoisotopic (exact) mass is 432 g/mol. The van der Waals surface area contributed by atoms with Crippen LogP contribution in [0.1, 0.15) is 57.4 Å². The lowest BCUT2D eigenvalue weighted by atomic mass is 9.89. The number of rotatable bonds is 8. The summed E-state index contributed by atoms with van der Waals surface area (Å²) in [6, 6.07) is 15.8. The van der Waals surface area contributed by atoms with Gasteiger partial charge in [-0.1, -0.05) is 38.0 Å². The molecule has 0 unspecified atom stereocenters. The molecule has 1 aliphatic rings. The Morgan fingerprint density at radius 2 is 1.88 bits per heavy atom. The van der Waals surface area contributed by atoms with Crippen molar-refractivity contribution in [3.05, 3.63) is 60.3 Å². The molecule has 170 valence electrons. The second-order valence-corrected chi connectivity index (χ2v) is 8.84. The van der Waals surface area contributed by atoms with E-state index in [-0.39, 0.29) is 6.03 Å². The van der Waals surface area contributed by atoms with Crippen molar-refractivity contribution in [3.63, 3.8) is 0 Å². The molecule has 0 saturated carbocycles. The lowest BCUT2D eigenvalue weighted by Crippen LogP contribution is -2.34. The maximum Gasteiger partial charge on any atom is 0.326 e. The van der Waals surface area contributed by atoms with Gasteiger partial charge in [-0.3, -0.25) is 4.90 Å². The first-order valence-electron chi connectivity index (χ1n) is 12.2. The van der Waals surface area contributed by atoms with Crippen molar-refractivity contribution in [1.82, 2.24) is 9.88 Å². The number of anilines is 2. The lowest BCUT2D eigenvalue weighted by Gasteiger charge is -2.32. The van der Waals surface area contributed by atoms with Crippen LogP contribution in [-0.4, -0.2) is 42.1 Å². The fourth-order valence-electron chi connectivity index (χ4n) is 4.84. The molecule has 1 aliphatic heterocycles. The maximum atomic E-state index is 13.0. The van der Waals surface area contributed by atoms with Gasteiger partial charge < -0.3 is 15.2 Å². The fourth-order valence-corrected chi connectivity index (χ4v) is 4.84. The highest BCUT2D eigenvalue weighted by Gasteiger charge is 2.23. The topological polar surface area (TPSA) is 51.4 Å². The van der Waals surface area contributed by atoms with Crippen molar-refractivity contribution in [2.45, 2.75) is 51.9 Å². The molecule has 0 atom stereocenters. The van der Waals surface area contributed by atoms with Gasteiger partial charge in [0.05, 0.1) is 0 Å². The fraction of sp³-hybridized carbons (Fsp3) is 0.444. The molecule has 5 heteroatoms. The van der Waals surface area contributed by atoms with Crippen LogP contribution < -0.4 is 10.2 Å². The predicted octanol–water partition coefficient (Wildman–Crippen LogP) is 6.60. The molecule has 2 aromatic carbocycles. The minimum Gasteiger partial charge on any atom is -0.361 e. The summed E-state index contributed by atoms with van der Waals surface area (Å²) in [5, 5.41) is 4.26. The maximum absolute atomic E-state index is 13.0. The van der Waals surface area contributed by atoms with Crippen LogP contribution in [0, 0.1) is 0 Å². The highest BCUT2D eigenvalue weighted by Crippen LogP contribution is 2.35. The Morgan fingerprint density at radius 3 is 2.59 bits per heavy atom. The summed E-state index contributed by atoms with van der Waals surface area (Å²) in [4.78, 5) is 20.8. The van der Waals surface area contributed by atoms with Crippen molar-refractivity contribution in [3.8, 4) is 0 Å². The minimum absolute atomic E-state index is 0.101. The number of amides is 2. The zero-order chi connectivity index (χ0) is 22.3. The van der Waals surface area contributed by atoms with Gasteiger partial charge in [-0.05, 0) is 87.6 Å². The Kier molecular flexibility index (Phi) is 7.48. The van der Waals surface area contributed by atoms with Crippen LogP contribution in [-0.2, 0) is 0 Å². The molecule has 1 aromatic heterocycles. The van der Waals surface area contributed by atoms with E-state index >= 15 is 0 Å². The second-order valence-electron chi connectivity index (χ2n) is 8.84. The van der Waals surface area contributed by atoms with Crippen molar-refractivity contribution < 1.29 is 4.79 Å². The molecular formula is C27H36N4O. The number of para-hydroxylation sites is 1. The number of hydrogen-bond acceptors (Lipinski definition) is 2. The Balaban J connectivity index is 1.48. The molecule has 2 amide bonds. The van der Waals surface area contributed by atoms with Gasteiger partial charge in [-0.15, -0.1) is 0 Å². The second kappa shape index (κ2) is 10.7. The summed E-state index contributed by atoms with van der Waals surface area (Å²) in [6.07, 6.45) is 8.52. The number of likely N-dealkylation sites (tertiary alicyclic amines) is 1. The zero-order valence-corrected chi connectivity index (χ0v) is 19.4. The smallest absolute Gasteiger partial charge is 0.326 e. The van der Waals surface area contributed by atoms with Crippen molar-refractivity contribution in [2.24, 2.45) is 0 Å². The highest BCUT2D eigenvalue weighted by molar-refractivity contribution is 6.03. The SMILES string of the molecule is CCCCCN1CCC(c2c[nH]c3ccc(N(CC)C(=O)Nc4ccccc4)cc23)CC1. The molecule has 32 heavy (non-hydrogen) atoms. The number of aromatic amines is 1. The van der Waals surface area contributed by atoms with E-state index in [0.717, 1.165) is 16.9 Å². The highest BCUT2D eigenvalue weighted by atomic mass is 16.2. The number of H-pyrrole nitrogens is 1. The third kappa shape index (κ3) is 5.16. The summed E-state index contributed by atoms with van der Waals surface area (Å²) in [5.74, 6) is 0.578. The van der Waals surface area contributed by atoms with Crippen LogP contribution >= 0.6 is 0 Å². The number of benzene rings is 2. The lowest BCUT2D eigenvalue weighted by molar-refractivity contribution is 0.209. The molecule has 0 spiro atoms. The molecule has 2 N–H and O–H groups in total. The van der Waals surface area contributed by atoms with Gasteiger partial charge in [0.15, 0.2) is 0 Å². The third-order valence-corrected chi connectivity index (χ3v) is 6.70. The van der Waals surface area contributed by atoms with Gasteiger partial charge in [-0.25, -0.2) is 4.79 Å². The summed E-state index contributed by atoms with van der Waals surface area (Å²) in [5.41, 5.74) is 4.29. The van der Waals surface area contributed by atoms with Crippen LogP contribution in [0.15, 0.2) is 54.7 Å². The van der Waals surface area contributed by atoms with Crippen LogP contribution in [0.3, 0.4) is 0 Å². The Morgan fingerprint density at radius 1 is 1.09 bits per heavy atom. The number of hydrogen-bond donors (Lipinski definition) is 2. The molecule has 5 nitrogen and oxygen atoms in total. The molecule has 2 heterocycles. The number of fused-ring (bicyclic) bond motifs is 1. The van der Waals surface area contributed by atoms with E-state index < -0.39 is 0 Å². The van der Waals surface area contributed by atoms with Crippen molar-refractivity contribution >= 4 is 28.3 Å². The molecule has 0 aliphatic carbocycles. The molecule has 1 saturated heterocycles. The van der Waals surface area contributed by atoms with Gasteiger partial charge in [0.2, 0.25) is 0 Å². The number of piperidine rings is 1. The normalized spacial score (nSPS) is 15.2. The number of unbranched alkanes of at least 4 members (excludes halogenated alkanes) is 2. The Bertz CT molecular complexity index is 1000. The first kappa shape index (κ1) is 22.4. The van der Waals surface area contributed by atoms with E-state index in [4.69, 9.17) is 0 Å². The Hall–Kier alpha value is -2.79. The van der Waals surface area contributed by atoms with E-state index in [0.29, 0.717) is 12.5 Å². The first-order chi connectivity index (χ1) is 15.7. The average molecular weight is 433 g/mol. The van der Waals surface area contributed by atoms with Crippen molar-refractivity contribution in [1.29, 1.82) is 0 Å². The van der Waals surface area contributed by atoms with E-state index in [9.17, 15) is 4.79 Å². The summed E-state index contributed by atoms with van der Waals surface area (Å²) in [7, 11) is 0. The van der Waals surface area contributed by atoms with Crippen molar-refractivity contribution in [2.75, 3.05) is 36.4 Å². The Labute approximate surface area is 191 Å². The number of aromatic nitrogens is 1. The molecule has 0 bridgehead atoms. The molecular weight excluding hydrogens is 396 g/mol. The van der Waals surface area contributed by atoms with Crippen LogP contribution in [0.5, 0.6) is 0 Å². The van der Waals surface area contributed by atoms with Gasteiger partial charge in [-0.2, -0.15) is 0 Å². The minimum atomic E-state index is -0.101. The standard InChI is InChI=1S/C27H36N4O/c1-3-5-9-16-30-17-14-21(15-18-30)25-20-28-26-13-12-23(19-24(25)26)31(4-2)27(32)29-22-10-7-6-8-11-22/h6-8,10-13,19-21,28H,3-5,9,14-18H2,1-2H3,(H,29,32). The number of nitrogens with one attached hydrogen (secondary N) is 2. The van der Waals surface area contributed by atoms with E-state index in [1.54, 1.807) is 4.90 Å². The average Bonchev–Trinajstić information content (AvgIpc) is 3.24. The van der Waals surface area contributed by atoms with Crippen LogP contribution in [0.4, 0.5) is 16.2 Å². The quantitative estimate of drug-likeness (QED) is 0.394. The number of nitrogens with zero attached hydrogens (tertiary/aromatic N) is 2. The number of carbonyl (C=O) groups is 1. The van der Waals surface area contributed by atoms with Crippen LogP contribution in [0.25, 0.3) is 10.9 Å². The molecule has 4 rings (SSSR count). The van der Waals surface area contributed by atoms with Gasteiger partial charge >= 0.3 is 6.03 Å². The third-order valence-electron chi connectivity index (χ3n) is 6.70. The van der Waals surface area contributed by atoms with Crippen LogP contribution in [0.2, 0.25) is 0 Å². The first-order valence-corrected chi connectivity index (χ1v) is 12.2. The van der Waals surface area contributed by atoms with E-state index in [1.165, 1.54) is 62.7 Å². The van der Waals surface area contributed by atoms with Gasteiger partial charge in [0.1, 0.15) is 0 Å². The molecule has 1 fully saturated rings. The van der Waals surface area contributed by atoms with E-state index in [2.05, 4.69) is 40.5 Å². The summed E-state index contributed by atoms with van der Waals surface area (Å²) >= 11 is 0.